The molecule has 2 rings (SSSR count). The quantitative estimate of drug-likeness (QED) is 0.781. The zero-order chi connectivity index (χ0) is 13.1. The first-order valence-electron chi connectivity index (χ1n) is 4.83. The molecule has 0 saturated carbocycles. The van der Waals surface area contributed by atoms with E-state index in [2.05, 4.69) is 10.3 Å². The fourth-order valence-electron chi connectivity index (χ4n) is 1.31. The van der Waals surface area contributed by atoms with E-state index >= 15 is 0 Å². The van der Waals surface area contributed by atoms with Crippen LogP contribution in [0.2, 0.25) is 0 Å². The zero-order valence-corrected chi connectivity index (χ0v) is 10.5. The summed E-state index contributed by atoms with van der Waals surface area (Å²) in [5.74, 6) is -1.73. The second-order valence-electron chi connectivity index (χ2n) is 3.30. The van der Waals surface area contributed by atoms with Gasteiger partial charge >= 0.3 is 10.8 Å². The Kier molecular flexibility index (Phi) is 3.58. The van der Waals surface area contributed by atoms with Gasteiger partial charge in [0, 0.05) is 11.1 Å². The van der Waals surface area contributed by atoms with Crippen molar-refractivity contribution >= 4 is 34.6 Å². The van der Waals surface area contributed by atoms with Crippen LogP contribution in [0, 0.1) is 0 Å². The minimum atomic E-state index is -1.14. The van der Waals surface area contributed by atoms with Gasteiger partial charge in [0.05, 0.1) is 0 Å². The fraction of sp³-hybridized carbons (Fsp3) is 0.100. The van der Waals surface area contributed by atoms with Crippen molar-refractivity contribution in [3.8, 4) is 0 Å². The number of thiazole rings is 1. The van der Waals surface area contributed by atoms with Crippen LogP contribution in [0.3, 0.4) is 0 Å². The molecule has 1 unspecified atom stereocenters. The number of hydrogen-bond acceptors (Lipinski definition) is 5. The number of aliphatic carboxylic acids is 1. The molecule has 3 N–H and O–H groups in total. The highest BCUT2D eigenvalue weighted by atomic mass is 32.1. The van der Waals surface area contributed by atoms with Gasteiger partial charge in [0.15, 0.2) is 6.04 Å². The van der Waals surface area contributed by atoms with Crippen molar-refractivity contribution in [2.24, 2.45) is 0 Å². The lowest BCUT2D eigenvalue weighted by Gasteiger charge is -2.11. The lowest BCUT2D eigenvalue weighted by Crippen LogP contribution is -2.32. The Balaban J connectivity index is 2.18. The van der Waals surface area contributed by atoms with E-state index in [9.17, 15) is 14.4 Å². The Hall–Kier alpha value is -1.93. The molecule has 6 nitrogen and oxygen atoms in total. The van der Waals surface area contributed by atoms with Crippen LogP contribution in [0.1, 0.15) is 20.6 Å². The van der Waals surface area contributed by atoms with Crippen LogP contribution < -0.4 is 10.2 Å². The molecule has 0 fully saturated rings. The van der Waals surface area contributed by atoms with Crippen LogP contribution in [0.5, 0.6) is 0 Å². The molecule has 0 radical (unpaired) electrons. The Morgan fingerprint density at radius 2 is 2.22 bits per heavy atom. The summed E-state index contributed by atoms with van der Waals surface area (Å²) < 4.78 is 0. The predicted molar refractivity (Wildman–Crippen MR) is 67.1 cm³/mol. The molecule has 2 aromatic heterocycles. The summed E-state index contributed by atoms with van der Waals surface area (Å²) >= 11 is 1.97. The van der Waals surface area contributed by atoms with Crippen molar-refractivity contribution < 1.29 is 14.7 Å². The summed E-state index contributed by atoms with van der Waals surface area (Å²) in [4.78, 5) is 36.4. The highest BCUT2D eigenvalue weighted by molar-refractivity contribution is 7.11. The number of aromatic nitrogens is 1. The summed E-state index contributed by atoms with van der Waals surface area (Å²) in [6, 6.07) is 2.23. The van der Waals surface area contributed by atoms with Gasteiger partial charge in [-0.2, -0.15) is 0 Å². The number of rotatable bonds is 4. The normalized spacial score (nSPS) is 12.0. The van der Waals surface area contributed by atoms with E-state index in [-0.39, 0.29) is 9.75 Å². The smallest absolute Gasteiger partial charge is 0.331 e. The number of hydrogen-bond donors (Lipinski definition) is 3. The summed E-state index contributed by atoms with van der Waals surface area (Å²) in [6.45, 7) is 0. The van der Waals surface area contributed by atoms with Crippen LogP contribution in [0.4, 0.5) is 0 Å². The summed E-state index contributed by atoms with van der Waals surface area (Å²) in [5.41, 5.74) is 0. The molecule has 0 saturated heterocycles. The van der Waals surface area contributed by atoms with E-state index < -0.39 is 17.9 Å². The molecule has 0 aliphatic rings. The van der Waals surface area contributed by atoms with E-state index in [0.717, 1.165) is 11.3 Å². The zero-order valence-electron chi connectivity index (χ0n) is 8.88. The molecule has 0 aliphatic heterocycles. The number of carboxylic acid groups (broad SMARTS) is 1. The molecule has 1 amide bonds. The predicted octanol–water partition coefficient (Wildman–Crippen LogP) is 1.05. The maximum atomic E-state index is 11.7. The maximum Gasteiger partial charge on any atom is 0.331 e. The Morgan fingerprint density at radius 3 is 2.72 bits per heavy atom. The number of carbonyl (C=O) groups is 2. The van der Waals surface area contributed by atoms with Gasteiger partial charge in [0.25, 0.3) is 5.91 Å². The topological polar surface area (TPSA) is 99.3 Å². The monoisotopic (exact) mass is 284 g/mol. The lowest BCUT2D eigenvalue weighted by atomic mass is 10.2. The van der Waals surface area contributed by atoms with Crippen LogP contribution in [-0.4, -0.2) is 22.0 Å². The molecule has 0 spiro atoms. The van der Waals surface area contributed by atoms with Crippen molar-refractivity contribution in [1.29, 1.82) is 0 Å². The second kappa shape index (κ2) is 5.15. The number of carboxylic acids is 1. The first kappa shape index (κ1) is 12.5. The summed E-state index contributed by atoms with van der Waals surface area (Å²) in [7, 11) is 0. The van der Waals surface area contributed by atoms with Gasteiger partial charge < -0.3 is 15.4 Å². The summed E-state index contributed by atoms with van der Waals surface area (Å²) in [6.07, 6.45) is 1.26. The van der Waals surface area contributed by atoms with Gasteiger partial charge in [-0.15, -0.1) is 11.3 Å². The molecule has 0 bridgehead atoms. The largest absolute Gasteiger partial charge is 0.479 e. The molecule has 2 aromatic rings. The molecule has 18 heavy (non-hydrogen) atoms. The highest BCUT2D eigenvalue weighted by Gasteiger charge is 2.24. The average Bonchev–Trinajstić information content (AvgIpc) is 2.95. The highest BCUT2D eigenvalue weighted by Crippen LogP contribution is 2.19. The van der Waals surface area contributed by atoms with Crippen molar-refractivity contribution in [1.82, 2.24) is 10.3 Å². The molecule has 8 heteroatoms. The number of H-pyrrole nitrogens is 1. The minimum Gasteiger partial charge on any atom is -0.479 e. The number of carbonyl (C=O) groups excluding carboxylic acids is 1. The van der Waals surface area contributed by atoms with Gasteiger partial charge in [-0.05, 0) is 11.4 Å². The standard InChI is InChI=1S/C10H8N2O4S2/c13-8(6-4-11-10(16)18-6)12-7(9(14)15)5-2-1-3-17-5/h1-4,7H,(H,11,16)(H,12,13)(H,14,15). The SMILES string of the molecule is O=C(NC(C(=O)O)c1cccs1)c1c[nH]c(=O)s1. The van der Waals surface area contributed by atoms with Crippen molar-refractivity contribution in [3.05, 3.63) is 43.1 Å². The summed E-state index contributed by atoms with van der Waals surface area (Å²) in [5, 5.41) is 13.2. The van der Waals surface area contributed by atoms with Crippen LogP contribution >= 0.6 is 22.7 Å². The van der Waals surface area contributed by atoms with Gasteiger partial charge in [0.2, 0.25) is 0 Å². The molecular formula is C10H8N2O4S2. The first-order valence-corrected chi connectivity index (χ1v) is 6.53. The number of aromatic amines is 1. The van der Waals surface area contributed by atoms with E-state index in [4.69, 9.17) is 5.11 Å². The first-order chi connectivity index (χ1) is 8.58. The molecule has 1 atom stereocenters. The van der Waals surface area contributed by atoms with Crippen molar-refractivity contribution in [2.45, 2.75) is 6.04 Å². The van der Waals surface area contributed by atoms with E-state index in [1.807, 2.05) is 0 Å². The fourth-order valence-corrected chi connectivity index (χ4v) is 2.66. The van der Waals surface area contributed by atoms with Gasteiger partial charge in [-0.1, -0.05) is 17.4 Å². The second-order valence-corrected chi connectivity index (χ2v) is 5.30. The Bertz CT molecular complexity index is 614. The van der Waals surface area contributed by atoms with Crippen molar-refractivity contribution in [3.63, 3.8) is 0 Å². The van der Waals surface area contributed by atoms with E-state index in [1.165, 1.54) is 17.5 Å². The van der Waals surface area contributed by atoms with Crippen molar-refractivity contribution in [2.75, 3.05) is 0 Å². The van der Waals surface area contributed by atoms with E-state index in [1.54, 1.807) is 17.5 Å². The lowest BCUT2D eigenvalue weighted by molar-refractivity contribution is -0.139. The third-order valence-electron chi connectivity index (χ3n) is 2.10. The Labute approximate surface area is 109 Å². The maximum absolute atomic E-state index is 11.7. The number of thiophene rings is 1. The van der Waals surface area contributed by atoms with Crippen LogP contribution in [0.15, 0.2) is 28.5 Å². The van der Waals surface area contributed by atoms with Gasteiger partial charge in [-0.25, -0.2) is 4.79 Å². The van der Waals surface area contributed by atoms with Crippen LogP contribution in [0.25, 0.3) is 0 Å². The third-order valence-corrected chi connectivity index (χ3v) is 3.86. The molecular weight excluding hydrogens is 276 g/mol. The molecule has 0 aromatic carbocycles. The van der Waals surface area contributed by atoms with Gasteiger partial charge in [-0.3, -0.25) is 9.59 Å². The molecule has 2 heterocycles. The number of amides is 1. The Morgan fingerprint density at radius 1 is 1.44 bits per heavy atom. The third kappa shape index (κ3) is 2.66. The average molecular weight is 284 g/mol. The molecule has 94 valence electrons. The minimum absolute atomic E-state index is 0.155. The molecule has 0 aliphatic carbocycles. The van der Waals surface area contributed by atoms with E-state index in [0.29, 0.717) is 4.88 Å². The number of nitrogens with one attached hydrogen (secondary N) is 2. The van der Waals surface area contributed by atoms with Gasteiger partial charge in [0.1, 0.15) is 4.88 Å². The van der Waals surface area contributed by atoms with Crippen LogP contribution in [-0.2, 0) is 4.79 Å².